The van der Waals surface area contributed by atoms with Crippen LogP contribution in [0, 0.1) is 0 Å². The molecule has 0 fully saturated rings. The van der Waals surface area contributed by atoms with E-state index >= 15 is 0 Å². The molecule has 1 N–H and O–H groups in total. The summed E-state index contributed by atoms with van der Waals surface area (Å²) in [5, 5.41) is 10.1. The Morgan fingerprint density at radius 2 is 1.57 bits per heavy atom. The summed E-state index contributed by atoms with van der Waals surface area (Å²) in [6.07, 6.45) is 0. The quantitative estimate of drug-likeness (QED) is 0.588. The first kappa shape index (κ1) is 21.1. The van der Waals surface area contributed by atoms with Crippen LogP contribution in [-0.4, -0.2) is 56.0 Å². The molecule has 0 radical (unpaired) electrons. The van der Waals surface area contributed by atoms with Gasteiger partial charge in [-0.3, -0.25) is 10.1 Å². The summed E-state index contributed by atoms with van der Waals surface area (Å²) < 4.78 is 35.4. The molecule has 1 heterocycles. The number of carbonyl (C=O) groups is 2. The smallest absolute Gasteiger partial charge is 0.337 e. The number of hydrogen-bond donors (Lipinski definition) is 1. The molecule has 0 unspecified atom stereocenters. The number of methoxy groups -OCH3 is 1. The fourth-order valence-corrected chi connectivity index (χ4v) is 3.32. The fraction of sp³-hybridized carbons (Fsp3) is 0.158. The van der Waals surface area contributed by atoms with Crippen LogP contribution in [0.15, 0.2) is 57.8 Å². The van der Waals surface area contributed by atoms with Gasteiger partial charge in [0.15, 0.2) is 0 Å². The minimum absolute atomic E-state index is 0.111. The topological polar surface area (TPSA) is 132 Å². The Kier molecular flexibility index (Phi) is 5.94. The third-order valence-corrected chi connectivity index (χ3v) is 5.92. The summed E-state index contributed by atoms with van der Waals surface area (Å²) >= 11 is 0. The van der Waals surface area contributed by atoms with E-state index in [1.54, 1.807) is 0 Å². The number of ether oxygens (including phenoxy) is 1. The number of hydrogen-bond acceptors (Lipinski definition) is 8. The van der Waals surface area contributed by atoms with Crippen molar-refractivity contribution < 1.29 is 27.2 Å². The number of sulfonamides is 1. The molecule has 10 nitrogen and oxygen atoms in total. The lowest BCUT2D eigenvalue weighted by molar-refractivity contribution is 0.0600. The molecule has 0 spiro atoms. The first-order valence-corrected chi connectivity index (χ1v) is 10.0. The number of nitrogens with zero attached hydrogens (tertiary/aromatic N) is 3. The highest BCUT2D eigenvalue weighted by atomic mass is 32.2. The first-order valence-electron chi connectivity index (χ1n) is 8.58. The molecule has 1 aromatic heterocycles. The number of esters is 1. The molecule has 0 bridgehead atoms. The Balaban J connectivity index is 1.72. The molecule has 11 heteroatoms. The third-order valence-electron chi connectivity index (χ3n) is 4.09. The molecule has 0 saturated heterocycles. The van der Waals surface area contributed by atoms with Crippen LogP contribution in [0.4, 0.5) is 6.01 Å². The van der Waals surface area contributed by atoms with Crippen molar-refractivity contribution in [2.75, 3.05) is 26.5 Å². The largest absolute Gasteiger partial charge is 0.465 e. The lowest BCUT2D eigenvalue weighted by Gasteiger charge is -2.11. The zero-order valence-electron chi connectivity index (χ0n) is 16.3. The monoisotopic (exact) mass is 430 g/mol. The van der Waals surface area contributed by atoms with Gasteiger partial charge in [0.1, 0.15) is 0 Å². The molecule has 156 valence electrons. The van der Waals surface area contributed by atoms with Gasteiger partial charge in [0, 0.05) is 25.2 Å². The van der Waals surface area contributed by atoms with E-state index in [-0.39, 0.29) is 22.4 Å². The maximum atomic E-state index is 12.3. The van der Waals surface area contributed by atoms with Gasteiger partial charge in [0.2, 0.25) is 15.9 Å². The maximum Gasteiger partial charge on any atom is 0.337 e. The molecular formula is C19H18N4O6S. The van der Waals surface area contributed by atoms with Crippen molar-refractivity contribution in [2.45, 2.75) is 4.90 Å². The molecule has 30 heavy (non-hydrogen) atoms. The standard InChI is InChI=1S/C19H18N4O6S/c1-23(2)30(26,27)15-10-8-13(9-11-15)17-21-22-19(29-17)20-16(24)12-4-6-14(7-5-12)18(25)28-3/h4-11H,1-3H3,(H,20,22,24). The average molecular weight is 430 g/mol. The zero-order valence-corrected chi connectivity index (χ0v) is 17.1. The van der Waals surface area contributed by atoms with Crippen molar-refractivity contribution in [1.29, 1.82) is 0 Å². The molecule has 3 rings (SSSR count). The number of carbonyl (C=O) groups excluding carboxylic acids is 2. The second kappa shape index (κ2) is 8.43. The van der Waals surface area contributed by atoms with E-state index < -0.39 is 21.9 Å². The van der Waals surface area contributed by atoms with Gasteiger partial charge < -0.3 is 9.15 Å². The van der Waals surface area contributed by atoms with E-state index in [1.165, 1.54) is 69.7 Å². The lowest BCUT2D eigenvalue weighted by atomic mass is 10.1. The van der Waals surface area contributed by atoms with Gasteiger partial charge in [-0.25, -0.2) is 17.5 Å². The summed E-state index contributed by atoms with van der Waals surface area (Å²) in [5.74, 6) is -0.901. The predicted octanol–water partition coefficient (Wildman–Crippen LogP) is 2.03. The molecule has 1 amide bonds. The highest BCUT2D eigenvalue weighted by Crippen LogP contribution is 2.23. The molecular weight excluding hydrogens is 412 g/mol. The Bertz CT molecular complexity index is 1170. The van der Waals surface area contributed by atoms with Gasteiger partial charge >= 0.3 is 12.0 Å². The summed E-state index contributed by atoms with van der Waals surface area (Å²) in [5.41, 5.74) is 1.08. The van der Waals surface area contributed by atoms with Crippen molar-refractivity contribution in [2.24, 2.45) is 0 Å². The second-order valence-electron chi connectivity index (χ2n) is 6.25. The highest BCUT2D eigenvalue weighted by molar-refractivity contribution is 7.89. The minimum atomic E-state index is -3.55. The Labute approximate surface area is 172 Å². The van der Waals surface area contributed by atoms with Gasteiger partial charge in [0.05, 0.1) is 17.6 Å². The Morgan fingerprint density at radius 3 is 2.13 bits per heavy atom. The fourth-order valence-electron chi connectivity index (χ4n) is 2.42. The van der Waals surface area contributed by atoms with Crippen LogP contribution in [0.25, 0.3) is 11.5 Å². The summed E-state index contributed by atoms with van der Waals surface area (Å²) in [6.45, 7) is 0. The second-order valence-corrected chi connectivity index (χ2v) is 8.40. The van der Waals surface area contributed by atoms with Crippen molar-refractivity contribution in [3.8, 4) is 11.5 Å². The van der Waals surface area contributed by atoms with Crippen LogP contribution in [0.1, 0.15) is 20.7 Å². The first-order chi connectivity index (χ1) is 14.2. The van der Waals surface area contributed by atoms with E-state index in [0.717, 1.165) is 4.31 Å². The third kappa shape index (κ3) is 4.36. The average Bonchev–Trinajstić information content (AvgIpc) is 3.21. The number of aromatic nitrogens is 2. The minimum Gasteiger partial charge on any atom is -0.465 e. The van der Waals surface area contributed by atoms with E-state index in [4.69, 9.17) is 4.42 Å². The number of nitrogens with one attached hydrogen (secondary N) is 1. The summed E-state index contributed by atoms with van der Waals surface area (Å²) in [6, 6.07) is 11.6. The van der Waals surface area contributed by atoms with Crippen molar-refractivity contribution >= 4 is 27.9 Å². The molecule has 0 aliphatic carbocycles. The van der Waals surface area contributed by atoms with Gasteiger partial charge in [0.25, 0.3) is 5.91 Å². The summed E-state index contributed by atoms with van der Waals surface area (Å²) in [7, 11) is 0.609. The zero-order chi connectivity index (χ0) is 21.9. The molecule has 0 saturated carbocycles. The molecule has 3 aromatic rings. The van der Waals surface area contributed by atoms with Crippen LogP contribution in [0.5, 0.6) is 0 Å². The highest BCUT2D eigenvalue weighted by Gasteiger charge is 2.18. The van der Waals surface area contributed by atoms with Crippen LogP contribution >= 0.6 is 0 Å². The van der Waals surface area contributed by atoms with Crippen LogP contribution in [0.2, 0.25) is 0 Å². The number of amides is 1. The van der Waals surface area contributed by atoms with Crippen LogP contribution < -0.4 is 5.32 Å². The number of rotatable bonds is 6. The van der Waals surface area contributed by atoms with Crippen molar-refractivity contribution in [3.63, 3.8) is 0 Å². The van der Waals surface area contributed by atoms with Gasteiger partial charge in [-0.15, -0.1) is 5.10 Å². The van der Waals surface area contributed by atoms with E-state index in [2.05, 4.69) is 20.3 Å². The summed E-state index contributed by atoms with van der Waals surface area (Å²) in [4.78, 5) is 23.9. The number of anilines is 1. The van der Waals surface area contributed by atoms with Gasteiger partial charge in [-0.2, -0.15) is 0 Å². The van der Waals surface area contributed by atoms with Crippen LogP contribution in [-0.2, 0) is 14.8 Å². The predicted molar refractivity (Wildman–Crippen MR) is 106 cm³/mol. The Morgan fingerprint density at radius 1 is 0.967 bits per heavy atom. The van der Waals surface area contributed by atoms with E-state index in [1.807, 2.05) is 0 Å². The molecule has 0 aliphatic rings. The normalized spacial score (nSPS) is 11.3. The SMILES string of the molecule is COC(=O)c1ccc(C(=O)Nc2nnc(-c3ccc(S(=O)(=O)N(C)C)cc3)o2)cc1. The molecule has 0 atom stereocenters. The molecule has 0 aliphatic heterocycles. The lowest BCUT2D eigenvalue weighted by Crippen LogP contribution is -2.22. The van der Waals surface area contributed by atoms with Crippen LogP contribution in [0.3, 0.4) is 0 Å². The van der Waals surface area contributed by atoms with Gasteiger partial charge in [-0.1, -0.05) is 5.10 Å². The maximum absolute atomic E-state index is 12.3. The Hall–Kier alpha value is -3.57. The van der Waals surface area contributed by atoms with E-state index in [9.17, 15) is 18.0 Å². The van der Waals surface area contributed by atoms with Crippen molar-refractivity contribution in [3.05, 3.63) is 59.7 Å². The number of benzene rings is 2. The van der Waals surface area contributed by atoms with Crippen molar-refractivity contribution in [1.82, 2.24) is 14.5 Å². The molecule has 2 aromatic carbocycles. The van der Waals surface area contributed by atoms with E-state index in [0.29, 0.717) is 11.1 Å². The van der Waals surface area contributed by atoms with Gasteiger partial charge in [-0.05, 0) is 48.5 Å².